The Labute approximate surface area is 192 Å². The third kappa shape index (κ3) is 5.54. The standard InChI is InChI=1S/C24H25N7O2/c1-16-21(28-17(2)32)4-3-5-22(16)29-23-26-15-27-24(30-23)31-12-10-20(11-13-31)33-19-8-6-18(14-25)7-9-19/h3-9,15,20H,10-13H2,1-2H3,(H,28,32)(H,26,27,29,30). The lowest BCUT2D eigenvalue weighted by atomic mass is 10.1. The fraction of sp³-hybridized carbons (Fsp3) is 0.292. The highest BCUT2D eigenvalue weighted by atomic mass is 16.5. The van der Waals surface area contributed by atoms with E-state index < -0.39 is 0 Å². The maximum absolute atomic E-state index is 11.4. The minimum Gasteiger partial charge on any atom is -0.490 e. The zero-order chi connectivity index (χ0) is 23.2. The Bertz CT molecular complexity index is 1170. The molecule has 1 aliphatic rings. The summed E-state index contributed by atoms with van der Waals surface area (Å²) in [5, 5.41) is 15.0. The molecule has 3 aromatic rings. The van der Waals surface area contributed by atoms with Crippen LogP contribution in [0.15, 0.2) is 48.8 Å². The average molecular weight is 444 g/mol. The molecular weight excluding hydrogens is 418 g/mol. The Balaban J connectivity index is 1.38. The minimum absolute atomic E-state index is 0.104. The van der Waals surface area contributed by atoms with Crippen molar-refractivity contribution in [1.29, 1.82) is 5.26 Å². The van der Waals surface area contributed by atoms with Gasteiger partial charge in [0.15, 0.2) is 0 Å². The van der Waals surface area contributed by atoms with Crippen LogP contribution in [0.2, 0.25) is 0 Å². The molecule has 1 amide bonds. The zero-order valence-corrected chi connectivity index (χ0v) is 18.6. The van der Waals surface area contributed by atoms with E-state index in [1.54, 1.807) is 12.1 Å². The third-order valence-electron chi connectivity index (χ3n) is 5.46. The molecule has 9 heteroatoms. The van der Waals surface area contributed by atoms with Gasteiger partial charge in [0.2, 0.25) is 17.8 Å². The van der Waals surface area contributed by atoms with Crippen molar-refractivity contribution >= 4 is 29.2 Å². The van der Waals surface area contributed by atoms with Gasteiger partial charge in [-0.15, -0.1) is 0 Å². The largest absolute Gasteiger partial charge is 0.490 e. The average Bonchev–Trinajstić information content (AvgIpc) is 2.83. The normalized spacial score (nSPS) is 13.8. The number of carbonyl (C=O) groups excluding carboxylic acids is 1. The number of benzene rings is 2. The van der Waals surface area contributed by atoms with Gasteiger partial charge in [-0.2, -0.15) is 10.2 Å². The van der Waals surface area contributed by atoms with E-state index in [0.29, 0.717) is 17.5 Å². The second kappa shape index (κ2) is 9.96. The number of hydrogen-bond donors (Lipinski definition) is 2. The van der Waals surface area contributed by atoms with Crippen molar-refractivity contribution in [1.82, 2.24) is 15.0 Å². The number of nitrogens with zero attached hydrogens (tertiary/aromatic N) is 5. The first-order valence-electron chi connectivity index (χ1n) is 10.8. The van der Waals surface area contributed by atoms with E-state index in [1.807, 2.05) is 37.3 Å². The van der Waals surface area contributed by atoms with Crippen molar-refractivity contribution in [2.75, 3.05) is 28.6 Å². The number of nitriles is 1. The van der Waals surface area contributed by atoms with Crippen molar-refractivity contribution in [3.63, 3.8) is 0 Å². The smallest absolute Gasteiger partial charge is 0.232 e. The molecule has 1 saturated heterocycles. The Morgan fingerprint density at radius 1 is 1.12 bits per heavy atom. The highest BCUT2D eigenvalue weighted by Gasteiger charge is 2.23. The molecule has 0 saturated carbocycles. The van der Waals surface area contributed by atoms with Crippen LogP contribution in [0, 0.1) is 18.3 Å². The number of aromatic nitrogens is 3. The molecule has 0 unspecified atom stereocenters. The van der Waals surface area contributed by atoms with E-state index in [9.17, 15) is 4.79 Å². The molecule has 0 bridgehead atoms. The maximum atomic E-state index is 11.4. The van der Waals surface area contributed by atoms with Crippen LogP contribution in [0.3, 0.4) is 0 Å². The van der Waals surface area contributed by atoms with Crippen molar-refractivity contribution in [3.8, 4) is 11.8 Å². The maximum Gasteiger partial charge on any atom is 0.232 e. The van der Waals surface area contributed by atoms with Gasteiger partial charge in [-0.1, -0.05) is 6.07 Å². The van der Waals surface area contributed by atoms with Crippen LogP contribution in [-0.2, 0) is 4.79 Å². The first-order valence-corrected chi connectivity index (χ1v) is 10.8. The van der Waals surface area contributed by atoms with Gasteiger partial charge in [-0.25, -0.2) is 9.97 Å². The second-order valence-electron chi connectivity index (χ2n) is 7.83. The summed E-state index contributed by atoms with van der Waals surface area (Å²) >= 11 is 0. The van der Waals surface area contributed by atoms with Crippen LogP contribution in [0.5, 0.6) is 5.75 Å². The van der Waals surface area contributed by atoms with E-state index in [0.717, 1.165) is 48.6 Å². The Morgan fingerprint density at radius 3 is 2.55 bits per heavy atom. The van der Waals surface area contributed by atoms with Crippen LogP contribution < -0.4 is 20.3 Å². The summed E-state index contributed by atoms with van der Waals surface area (Å²) < 4.78 is 6.06. The lowest BCUT2D eigenvalue weighted by Gasteiger charge is -2.32. The van der Waals surface area contributed by atoms with Gasteiger partial charge in [-0.3, -0.25) is 4.79 Å². The van der Waals surface area contributed by atoms with Crippen molar-refractivity contribution in [2.45, 2.75) is 32.8 Å². The Morgan fingerprint density at radius 2 is 1.85 bits per heavy atom. The SMILES string of the molecule is CC(=O)Nc1cccc(Nc2ncnc(N3CCC(Oc4ccc(C#N)cc4)CC3)n2)c1C. The first-order chi connectivity index (χ1) is 16.0. The fourth-order valence-electron chi connectivity index (χ4n) is 3.69. The van der Waals surface area contributed by atoms with Gasteiger partial charge in [0.05, 0.1) is 11.6 Å². The highest BCUT2D eigenvalue weighted by molar-refractivity contribution is 5.90. The summed E-state index contributed by atoms with van der Waals surface area (Å²) in [6, 6.07) is 14.9. The van der Waals surface area contributed by atoms with Crippen molar-refractivity contribution in [3.05, 3.63) is 59.9 Å². The molecule has 168 valence electrons. The fourth-order valence-corrected chi connectivity index (χ4v) is 3.69. The van der Waals surface area contributed by atoms with Gasteiger partial charge in [0, 0.05) is 44.2 Å². The molecule has 33 heavy (non-hydrogen) atoms. The lowest BCUT2D eigenvalue weighted by molar-refractivity contribution is -0.114. The molecule has 4 rings (SSSR count). The number of carbonyl (C=O) groups is 1. The van der Waals surface area contributed by atoms with Gasteiger partial charge >= 0.3 is 0 Å². The lowest BCUT2D eigenvalue weighted by Crippen LogP contribution is -2.39. The van der Waals surface area contributed by atoms with Crippen LogP contribution in [0.1, 0.15) is 30.9 Å². The number of anilines is 4. The monoisotopic (exact) mass is 443 g/mol. The van der Waals surface area contributed by atoms with Crippen molar-refractivity contribution < 1.29 is 9.53 Å². The number of amides is 1. The van der Waals surface area contributed by atoms with E-state index in [-0.39, 0.29) is 12.0 Å². The predicted molar refractivity (Wildman–Crippen MR) is 126 cm³/mol. The Kier molecular flexibility index (Phi) is 6.64. The van der Waals surface area contributed by atoms with E-state index in [4.69, 9.17) is 10.00 Å². The van der Waals surface area contributed by atoms with Crippen molar-refractivity contribution in [2.24, 2.45) is 0 Å². The number of nitrogens with one attached hydrogen (secondary N) is 2. The molecule has 2 aromatic carbocycles. The zero-order valence-electron chi connectivity index (χ0n) is 18.6. The minimum atomic E-state index is -0.121. The molecule has 2 heterocycles. The second-order valence-corrected chi connectivity index (χ2v) is 7.83. The summed E-state index contributed by atoms with van der Waals surface area (Å²) in [5.74, 6) is 1.71. The first kappa shape index (κ1) is 22.0. The number of rotatable bonds is 6. The molecule has 1 aliphatic heterocycles. The molecule has 0 aliphatic carbocycles. The topological polar surface area (TPSA) is 116 Å². The van der Waals surface area contributed by atoms with E-state index >= 15 is 0 Å². The third-order valence-corrected chi connectivity index (χ3v) is 5.46. The van der Waals surface area contributed by atoms with Crippen LogP contribution in [0.4, 0.5) is 23.3 Å². The van der Waals surface area contributed by atoms with Gasteiger partial charge in [-0.05, 0) is 48.9 Å². The molecule has 1 fully saturated rings. The molecular formula is C24H25N7O2. The van der Waals surface area contributed by atoms with Gasteiger partial charge in [0.1, 0.15) is 18.2 Å². The quantitative estimate of drug-likeness (QED) is 0.591. The van der Waals surface area contributed by atoms with Crippen LogP contribution >= 0.6 is 0 Å². The number of ether oxygens (including phenoxy) is 1. The summed E-state index contributed by atoms with van der Waals surface area (Å²) in [4.78, 5) is 26.7. The number of hydrogen-bond acceptors (Lipinski definition) is 8. The molecule has 2 N–H and O–H groups in total. The predicted octanol–water partition coefficient (Wildman–Crippen LogP) is 3.80. The summed E-state index contributed by atoms with van der Waals surface area (Å²) in [6.45, 7) is 4.94. The summed E-state index contributed by atoms with van der Waals surface area (Å²) in [7, 11) is 0. The molecule has 9 nitrogen and oxygen atoms in total. The van der Waals surface area contributed by atoms with E-state index in [1.165, 1.54) is 13.3 Å². The van der Waals surface area contributed by atoms with Gasteiger partial charge < -0.3 is 20.3 Å². The Hall–Kier alpha value is -4.19. The molecule has 0 radical (unpaired) electrons. The summed E-state index contributed by atoms with van der Waals surface area (Å²) in [5.41, 5.74) is 3.07. The highest BCUT2D eigenvalue weighted by Crippen LogP contribution is 2.26. The molecule has 1 aromatic heterocycles. The summed E-state index contributed by atoms with van der Waals surface area (Å²) in [6.07, 6.45) is 3.28. The molecule has 0 atom stereocenters. The molecule has 0 spiro atoms. The van der Waals surface area contributed by atoms with Crippen LogP contribution in [-0.4, -0.2) is 40.1 Å². The van der Waals surface area contributed by atoms with Gasteiger partial charge in [0.25, 0.3) is 0 Å². The van der Waals surface area contributed by atoms with Crippen LogP contribution in [0.25, 0.3) is 0 Å². The van der Waals surface area contributed by atoms with E-state index in [2.05, 4.69) is 36.6 Å². The number of piperidine rings is 1.